The molecule has 0 bridgehead atoms. The molecule has 21 heavy (non-hydrogen) atoms. The first-order valence-corrected chi connectivity index (χ1v) is 8.06. The number of benzene rings is 1. The van der Waals surface area contributed by atoms with E-state index in [1.807, 2.05) is 12.1 Å². The topological polar surface area (TPSA) is 15.7 Å². The van der Waals surface area contributed by atoms with Crippen LogP contribution in [0.5, 0.6) is 0 Å². The van der Waals surface area contributed by atoms with Crippen molar-refractivity contribution in [2.24, 2.45) is 5.92 Å². The molecule has 1 aromatic rings. The number of rotatable bonds is 4. The summed E-state index contributed by atoms with van der Waals surface area (Å²) in [5.74, 6) is 0.577. The summed E-state index contributed by atoms with van der Waals surface area (Å²) in [5, 5.41) is 0. The van der Waals surface area contributed by atoms with E-state index in [1.54, 1.807) is 12.1 Å². The van der Waals surface area contributed by atoms with Gasteiger partial charge in [0.25, 0.3) is 0 Å². The molecule has 2 saturated heterocycles. The third kappa shape index (κ3) is 4.50. The van der Waals surface area contributed by atoms with Crippen LogP contribution in [0.2, 0.25) is 0 Å². The smallest absolute Gasteiger partial charge is 0.123 e. The van der Waals surface area contributed by atoms with Crippen LogP contribution in [0.1, 0.15) is 18.4 Å². The lowest BCUT2D eigenvalue weighted by Gasteiger charge is -2.23. The lowest BCUT2D eigenvalue weighted by atomic mass is 10.1. The predicted octanol–water partition coefficient (Wildman–Crippen LogP) is 2.37. The van der Waals surface area contributed by atoms with E-state index in [9.17, 15) is 4.39 Å². The molecule has 0 amide bonds. The predicted molar refractivity (Wildman–Crippen MR) is 81.7 cm³/mol. The summed E-state index contributed by atoms with van der Waals surface area (Å²) in [7, 11) is 0. The fourth-order valence-corrected chi connectivity index (χ4v) is 3.31. The van der Waals surface area contributed by atoms with Gasteiger partial charge in [-0.25, -0.2) is 4.39 Å². The molecule has 1 aromatic carbocycles. The zero-order valence-corrected chi connectivity index (χ0v) is 12.6. The van der Waals surface area contributed by atoms with Crippen LogP contribution in [0, 0.1) is 11.7 Å². The normalized spacial score (nSPS) is 25.1. The van der Waals surface area contributed by atoms with Crippen molar-refractivity contribution in [3.8, 4) is 0 Å². The van der Waals surface area contributed by atoms with Crippen LogP contribution in [-0.2, 0) is 11.3 Å². The average Bonchev–Trinajstić information content (AvgIpc) is 2.89. The average molecular weight is 292 g/mol. The van der Waals surface area contributed by atoms with Crippen LogP contribution in [-0.4, -0.2) is 55.7 Å². The Labute approximate surface area is 126 Å². The van der Waals surface area contributed by atoms with E-state index < -0.39 is 0 Å². The summed E-state index contributed by atoms with van der Waals surface area (Å²) in [6, 6.07) is 6.90. The van der Waals surface area contributed by atoms with E-state index in [-0.39, 0.29) is 5.82 Å². The third-order valence-corrected chi connectivity index (χ3v) is 4.54. The molecule has 0 N–H and O–H groups in total. The lowest BCUT2D eigenvalue weighted by Crippen LogP contribution is -2.34. The number of hydrogen-bond acceptors (Lipinski definition) is 3. The van der Waals surface area contributed by atoms with Gasteiger partial charge in [-0.2, -0.15) is 0 Å². The first-order valence-electron chi connectivity index (χ1n) is 8.06. The molecule has 1 unspecified atom stereocenters. The van der Waals surface area contributed by atoms with Crippen LogP contribution < -0.4 is 0 Å². The Morgan fingerprint density at radius 1 is 1.05 bits per heavy atom. The van der Waals surface area contributed by atoms with Gasteiger partial charge in [0.2, 0.25) is 0 Å². The van der Waals surface area contributed by atoms with E-state index in [0.29, 0.717) is 0 Å². The van der Waals surface area contributed by atoms with Gasteiger partial charge in [-0.3, -0.25) is 4.90 Å². The van der Waals surface area contributed by atoms with E-state index in [2.05, 4.69) is 9.80 Å². The minimum absolute atomic E-state index is 0.153. The Morgan fingerprint density at radius 2 is 1.81 bits per heavy atom. The van der Waals surface area contributed by atoms with Crippen molar-refractivity contribution in [1.29, 1.82) is 0 Å². The molecule has 2 heterocycles. The van der Waals surface area contributed by atoms with Gasteiger partial charge in [-0.15, -0.1) is 0 Å². The number of nitrogens with zero attached hydrogens (tertiary/aromatic N) is 2. The molecule has 0 spiro atoms. The SMILES string of the molecule is Fc1ccc(CN2CCCN(CC3CCOC3)CC2)cc1. The first-order chi connectivity index (χ1) is 10.3. The van der Waals surface area contributed by atoms with Crippen molar-refractivity contribution < 1.29 is 9.13 Å². The molecular weight excluding hydrogens is 267 g/mol. The van der Waals surface area contributed by atoms with Gasteiger partial charge in [0.1, 0.15) is 5.82 Å². The number of halogens is 1. The maximum atomic E-state index is 12.9. The molecule has 3 rings (SSSR count). The van der Waals surface area contributed by atoms with Crippen molar-refractivity contribution in [3.63, 3.8) is 0 Å². The highest BCUT2D eigenvalue weighted by atomic mass is 19.1. The second-order valence-corrected chi connectivity index (χ2v) is 6.29. The zero-order chi connectivity index (χ0) is 14.5. The highest BCUT2D eigenvalue weighted by molar-refractivity contribution is 5.15. The van der Waals surface area contributed by atoms with E-state index >= 15 is 0 Å². The van der Waals surface area contributed by atoms with Crippen molar-refractivity contribution >= 4 is 0 Å². The Balaban J connectivity index is 1.47. The monoisotopic (exact) mass is 292 g/mol. The van der Waals surface area contributed by atoms with E-state index in [1.165, 1.54) is 31.5 Å². The molecule has 0 radical (unpaired) electrons. The fourth-order valence-electron chi connectivity index (χ4n) is 3.31. The molecular formula is C17H25FN2O. The molecule has 0 saturated carbocycles. The van der Waals surface area contributed by atoms with Gasteiger partial charge in [-0.1, -0.05) is 12.1 Å². The van der Waals surface area contributed by atoms with Crippen molar-refractivity contribution in [2.45, 2.75) is 19.4 Å². The van der Waals surface area contributed by atoms with Gasteiger partial charge in [-0.05, 0) is 49.5 Å². The molecule has 3 nitrogen and oxygen atoms in total. The van der Waals surface area contributed by atoms with Crippen LogP contribution in [0.15, 0.2) is 24.3 Å². The lowest BCUT2D eigenvalue weighted by molar-refractivity contribution is 0.167. The minimum atomic E-state index is -0.153. The van der Waals surface area contributed by atoms with Crippen molar-refractivity contribution in [3.05, 3.63) is 35.6 Å². The van der Waals surface area contributed by atoms with Gasteiger partial charge >= 0.3 is 0 Å². The van der Waals surface area contributed by atoms with E-state index in [0.717, 1.165) is 45.3 Å². The van der Waals surface area contributed by atoms with E-state index in [4.69, 9.17) is 4.74 Å². The second-order valence-electron chi connectivity index (χ2n) is 6.29. The second kappa shape index (κ2) is 7.34. The summed E-state index contributed by atoms with van der Waals surface area (Å²) >= 11 is 0. The summed E-state index contributed by atoms with van der Waals surface area (Å²) in [6.45, 7) is 8.56. The van der Waals surface area contributed by atoms with Crippen LogP contribution in [0.4, 0.5) is 4.39 Å². The van der Waals surface area contributed by atoms with Crippen molar-refractivity contribution in [2.75, 3.05) is 45.9 Å². The van der Waals surface area contributed by atoms with Crippen molar-refractivity contribution in [1.82, 2.24) is 9.80 Å². The standard InChI is InChI=1S/C17H25FN2O/c18-17-4-2-15(3-5-17)12-19-7-1-8-20(10-9-19)13-16-6-11-21-14-16/h2-5,16H,1,6-14H2. The van der Waals surface area contributed by atoms with Crippen LogP contribution >= 0.6 is 0 Å². The molecule has 0 aliphatic carbocycles. The summed E-state index contributed by atoms with van der Waals surface area (Å²) < 4.78 is 18.4. The molecule has 4 heteroatoms. The largest absolute Gasteiger partial charge is 0.381 e. The molecule has 0 aromatic heterocycles. The molecule has 2 aliphatic heterocycles. The minimum Gasteiger partial charge on any atom is -0.381 e. The van der Waals surface area contributed by atoms with Gasteiger partial charge in [0.05, 0.1) is 6.61 Å². The molecule has 1 atom stereocenters. The third-order valence-electron chi connectivity index (χ3n) is 4.54. The maximum Gasteiger partial charge on any atom is 0.123 e. The van der Waals surface area contributed by atoms with Crippen LogP contribution in [0.25, 0.3) is 0 Å². The highest BCUT2D eigenvalue weighted by Gasteiger charge is 2.21. The number of hydrogen-bond donors (Lipinski definition) is 0. The first kappa shape index (κ1) is 14.9. The van der Waals surface area contributed by atoms with Gasteiger partial charge in [0, 0.05) is 32.8 Å². The quantitative estimate of drug-likeness (QED) is 0.847. The summed E-state index contributed by atoms with van der Waals surface area (Å²) in [6.07, 6.45) is 2.44. The zero-order valence-electron chi connectivity index (χ0n) is 12.6. The maximum absolute atomic E-state index is 12.9. The van der Waals surface area contributed by atoms with Gasteiger partial charge < -0.3 is 9.64 Å². The Bertz CT molecular complexity index is 431. The summed E-state index contributed by atoms with van der Waals surface area (Å²) in [5.41, 5.74) is 1.20. The molecule has 2 aliphatic rings. The molecule has 2 fully saturated rings. The fraction of sp³-hybridized carbons (Fsp3) is 0.647. The Morgan fingerprint density at radius 3 is 2.57 bits per heavy atom. The Hall–Kier alpha value is -0.970. The van der Waals surface area contributed by atoms with Crippen LogP contribution in [0.3, 0.4) is 0 Å². The van der Waals surface area contributed by atoms with Gasteiger partial charge in [0.15, 0.2) is 0 Å². The summed E-state index contributed by atoms with van der Waals surface area (Å²) in [4.78, 5) is 5.07. The molecule has 116 valence electrons. The number of ether oxygens (including phenoxy) is 1. The Kier molecular flexibility index (Phi) is 5.22. The highest BCUT2D eigenvalue weighted by Crippen LogP contribution is 2.16.